The van der Waals surface area contributed by atoms with Crippen LogP contribution in [-0.4, -0.2) is 33.5 Å². The second-order valence-electron chi connectivity index (χ2n) is 5.64. The lowest BCUT2D eigenvalue weighted by Crippen LogP contribution is -2.41. The van der Waals surface area contributed by atoms with Gasteiger partial charge in [0.25, 0.3) is 5.91 Å². The zero-order valence-corrected chi connectivity index (χ0v) is 13.2. The van der Waals surface area contributed by atoms with Crippen LogP contribution in [0.3, 0.4) is 0 Å². The van der Waals surface area contributed by atoms with Gasteiger partial charge in [-0.25, -0.2) is 4.98 Å². The number of rotatable bonds is 4. The summed E-state index contributed by atoms with van der Waals surface area (Å²) >= 11 is 1.43. The molecular formula is C16H20N2O3S. The van der Waals surface area contributed by atoms with Gasteiger partial charge in [-0.15, -0.1) is 11.3 Å². The molecule has 2 atom stereocenters. The molecule has 0 saturated carbocycles. The van der Waals surface area contributed by atoms with Crippen molar-refractivity contribution in [3.05, 3.63) is 40.7 Å². The first-order valence-electron chi connectivity index (χ1n) is 7.66. The molecular weight excluding hydrogens is 300 g/mol. The molecule has 3 rings (SSSR count). The van der Waals surface area contributed by atoms with Gasteiger partial charge in [-0.1, -0.05) is 12.8 Å². The maximum atomic E-state index is 12.7. The first-order valence-corrected chi connectivity index (χ1v) is 8.60. The highest BCUT2D eigenvalue weighted by Gasteiger charge is 2.29. The van der Waals surface area contributed by atoms with Gasteiger partial charge >= 0.3 is 0 Å². The van der Waals surface area contributed by atoms with Crippen LogP contribution in [0.2, 0.25) is 0 Å². The lowest BCUT2D eigenvalue weighted by Gasteiger charge is -2.30. The van der Waals surface area contributed by atoms with Crippen LogP contribution in [0, 0.1) is 0 Å². The Morgan fingerprint density at radius 3 is 3.14 bits per heavy atom. The van der Waals surface area contributed by atoms with Crippen LogP contribution in [0.1, 0.15) is 54.5 Å². The van der Waals surface area contributed by atoms with Gasteiger partial charge in [0.1, 0.15) is 17.6 Å². The first-order chi connectivity index (χ1) is 10.8. The Labute approximate surface area is 133 Å². The maximum absolute atomic E-state index is 12.7. The van der Waals surface area contributed by atoms with Crippen LogP contribution in [-0.2, 0) is 0 Å². The van der Waals surface area contributed by atoms with Crippen molar-refractivity contribution in [1.29, 1.82) is 0 Å². The number of thiazole rings is 1. The minimum Gasteiger partial charge on any atom is -0.467 e. The van der Waals surface area contributed by atoms with Crippen LogP contribution in [0.5, 0.6) is 0 Å². The molecule has 118 valence electrons. The number of nitrogens with zero attached hydrogens (tertiary/aromatic N) is 2. The van der Waals surface area contributed by atoms with E-state index in [-0.39, 0.29) is 11.9 Å². The summed E-state index contributed by atoms with van der Waals surface area (Å²) < 4.78 is 5.27. The molecule has 1 aliphatic rings. The summed E-state index contributed by atoms with van der Waals surface area (Å²) in [6, 6.07) is 3.56. The van der Waals surface area contributed by atoms with Crippen LogP contribution in [0.25, 0.3) is 0 Å². The number of amides is 1. The lowest BCUT2D eigenvalue weighted by molar-refractivity contribution is 0.0553. The molecule has 0 aromatic carbocycles. The summed E-state index contributed by atoms with van der Waals surface area (Å²) in [6.07, 6.45) is 5.50. The predicted molar refractivity (Wildman–Crippen MR) is 83.7 cm³/mol. The molecule has 3 heterocycles. The van der Waals surface area contributed by atoms with Gasteiger partial charge in [0.2, 0.25) is 0 Å². The largest absolute Gasteiger partial charge is 0.467 e. The van der Waals surface area contributed by atoms with E-state index >= 15 is 0 Å². The van der Waals surface area contributed by atoms with Crippen LogP contribution >= 0.6 is 11.3 Å². The first kappa shape index (κ1) is 15.2. The molecule has 1 fully saturated rings. The van der Waals surface area contributed by atoms with E-state index < -0.39 is 6.10 Å². The fraction of sp³-hybridized carbons (Fsp3) is 0.500. The zero-order chi connectivity index (χ0) is 15.4. The Balaban J connectivity index is 1.74. The number of carbonyl (C=O) groups is 1. The summed E-state index contributed by atoms with van der Waals surface area (Å²) in [5.41, 5.74) is 2.18. The van der Waals surface area contributed by atoms with Crippen molar-refractivity contribution in [2.75, 3.05) is 6.54 Å². The fourth-order valence-electron chi connectivity index (χ4n) is 3.01. The van der Waals surface area contributed by atoms with E-state index in [4.69, 9.17) is 4.42 Å². The van der Waals surface area contributed by atoms with Gasteiger partial charge in [-0.3, -0.25) is 4.79 Å². The second kappa shape index (κ2) is 7.07. The Morgan fingerprint density at radius 2 is 2.41 bits per heavy atom. The third kappa shape index (κ3) is 3.39. The molecule has 6 heteroatoms. The van der Waals surface area contributed by atoms with Gasteiger partial charge in [-0.05, 0) is 25.0 Å². The van der Waals surface area contributed by atoms with Crippen molar-refractivity contribution in [3.8, 4) is 0 Å². The number of aliphatic hydroxyl groups is 1. The van der Waals surface area contributed by atoms with E-state index in [1.54, 1.807) is 29.3 Å². The number of hydrogen-bond acceptors (Lipinski definition) is 5. The fourth-order valence-corrected chi connectivity index (χ4v) is 3.54. The highest BCUT2D eigenvalue weighted by Crippen LogP contribution is 2.27. The molecule has 22 heavy (non-hydrogen) atoms. The summed E-state index contributed by atoms with van der Waals surface area (Å²) in [5.74, 6) is 0.532. The molecule has 0 bridgehead atoms. The summed E-state index contributed by atoms with van der Waals surface area (Å²) in [6.45, 7) is 0.728. The molecule has 1 N–H and O–H groups in total. The summed E-state index contributed by atoms with van der Waals surface area (Å²) in [4.78, 5) is 18.7. The number of aliphatic hydroxyl groups excluding tert-OH is 1. The van der Waals surface area contributed by atoms with Crippen molar-refractivity contribution in [1.82, 2.24) is 9.88 Å². The third-order valence-electron chi connectivity index (χ3n) is 4.16. The quantitative estimate of drug-likeness (QED) is 0.939. The average Bonchev–Trinajstić information content (AvgIpc) is 3.18. The molecule has 1 amide bonds. The molecule has 0 unspecified atom stereocenters. The maximum Gasteiger partial charge on any atom is 0.273 e. The molecule has 1 aliphatic heterocycles. The number of furan rings is 1. The minimum absolute atomic E-state index is 0.0248. The van der Waals surface area contributed by atoms with E-state index in [2.05, 4.69) is 4.98 Å². The number of likely N-dealkylation sites (tertiary alicyclic amines) is 1. The van der Waals surface area contributed by atoms with E-state index in [0.29, 0.717) is 17.9 Å². The van der Waals surface area contributed by atoms with Crippen molar-refractivity contribution >= 4 is 17.2 Å². The molecule has 0 aliphatic carbocycles. The second-order valence-corrected chi connectivity index (χ2v) is 6.36. The third-order valence-corrected chi connectivity index (χ3v) is 4.74. The minimum atomic E-state index is -0.677. The van der Waals surface area contributed by atoms with E-state index in [1.165, 1.54) is 11.3 Å². The van der Waals surface area contributed by atoms with Crippen molar-refractivity contribution in [3.63, 3.8) is 0 Å². The Kier molecular flexibility index (Phi) is 4.90. The van der Waals surface area contributed by atoms with Gasteiger partial charge < -0.3 is 14.4 Å². The Hall–Kier alpha value is -1.66. The summed E-state index contributed by atoms with van der Waals surface area (Å²) in [5, 5.41) is 12.1. The molecule has 2 aromatic heterocycles. The van der Waals surface area contributed by atoms with Crippen molar-refractivity contribution in [2.24, 2.45) is 0 Å². The number of carbonyl (C=O) groups excluding carboxylic acids is 1. The van der Waals surface area contributed by atoms with Crippen LogP contribution in [0.4, 0.5) is 0 Å². The Morgan fingerprint density at radius 1 is 1.50 bits per heavy atom. The van der Waals surface area contributed by atoms with E-state index in [0.717, 1.165) is 32.2 Å². The predicted octanol–water partition coefficient (Wildman–Crippen LogP) is 3.24. The standard InChI is InChI=1S/C16H20N2O3S/c19-14(15-6-4-8-21-15)9-12-5-2-1-3-7-18(12)16(20)13-10-22-11-17-13/h4,6,8,10-12,14,19H,1-3,5,7,9H2/t12-,14+/m0/s1. The molecule has 0 radical (unpaired) electrons. The SMILES string of the molecule is O=C(c1cscn1)N1CCCCC[C@H]1C[C@@H](O)c1ccco1. The topological polar surface area (TPSA) is 66.6 Å². The molecule has 1 saturated heterocycles. The van der Waals surface area contributed by atoms with E-state index in [1.807, 2.05) is 4.90 Å². The molecule has 2 aromatic rings. The smallest absolute Gasteiger partial charge is 0.273 e. The van der Waals surface area contributed by atoms with Crippen molar-refractivity contribution in [2.45, 2.75) is 44.2 Å². The Bertz CT molecular complexity index is 583. The lowest BCUT2D eigenvalue weighted by atomic mass is 10.0. The van der Waals surface area contributed by atoms with Gasteiger partial charge in [0.15, 0.2) is 0 Å². The molecule has 0 spiro atoms. The number of aromatic nitrogens is 1. The summed E-state index contributed by atoms with van der Waals surface area (Å²) in [7, 11) is 0. The van der Waals surface area contributed by atoms with Crippen LogP contribution < -0.4 is 0 Å². The zero-order valence-electron chi connectivity index (χ0n) is 12.4. The van der Waals surface area contributed by atoms with Crippen LogP contribution in [0.15, 0.2) is 33.7 Å². The number of hydrogen-bond donors (Lipinski definition) is 1. The highest BCUT2D eigenvalue weighted by atomic mass is 32.1. The van der Waals surface area contributed by atoms with Gasteiger partial charge in [-0.2, -0.15) is 0 Å². The molecule has 5 nitrogen and oxygen atoms in total. The van der Waals surface area contributed by atoms with E-state index in [9.17, 15) is 9.90 Å². The van der Waals surface area contributed by atoms with Crippen molar-refractivity contribution < 1.29 is 14.3 Å². The monoisotopic (exact) mass is 320 g/mol. The van der Waals surface area contributed by atoms with Gasteiger partial charge in [0.05, 0.1) is 11.8 Å². The normalized spacial score (nSPS) is 20.6. The highest BCUT2D eigenvalue weighted by molar-refractivity contribution is 7.07. The van der Waals surface area contributed by atoms with Gasteiger partial charge in [0, 0.05) is 24.4 Å². The average molecular weight is 320 g/mol.